The first-order chi connectivity index (χ1) is 29.4. The molecule has 19 nitrogen and oxygen atoms in total. The molecule has 3 aromatic rings. The Hall–Kier alpha value is -6.73. The average molecular weight is 862 g/mol. The van der Waals surface area contributed by atoms with Crippen molar-refractivity contribution in [2.24, 2.45) is 28.1 Å². The third-order valence-corrected chi connectivity index (χ3v) is 10.1. The Kier molecular flexibility index (Phi) is 19.6. The van der Waals surface area contributed by atoms with Gasteiger partial charge >= 0.3 is 5.97 Å². The molecule has 0 saturated carbocycles. The van der Waals surface area contributed by atoms with Gasteiger partial charge in [0.15, 0.2) is 12.0 Å². The Morgan fingerprint density at radius 2 is 1.03 bits per heavy atom. The van der Waals surface area contributed by atoms with Crippen molar-refractivity contribution in [1.82, 2.24) is 26.6 Å². The Bertz CT molecular complexity index is 1980. The summed E-state index contributed by atoms with van der Waals surface area (Å²) in [6.45, 7) is 4.94. The molecular formula is C43H59N9O10. The molecule has 0 radical (unpaired) electrons. The summed E-state index contributed by atoms with van der Waals surface area (Å²) < 4.78 is 0. The number of nitrogens with one attached hydrogen (secondary N) is 5. The largest absolute Gasteiger partial charge is 0.508 e. The second-order valence-electron chi connectivity index (χ2n) is 15.1. The number of amides is 5. The van der Waals surface area contributed by atoms with E-state index in [1.54, 1.807) is 44.2 Å². The molecule has 336 valence electrons. The van der Waals surface area contributed by atoms with Gasteiger partial charge in [-0.3, -0.25) is 29.0 Å². The van der Waals surface area contributed by atoms with Crippen LogP contribution in [0, 0.1) is 5.92 Å². The zero-order valence-corrected chi connectivity index (χ0v) is 35.0. The van der Waals surface area contributed by atoms with Crippen LogP contribution in [0.2, 0.25) is 0 Å². The maximum Gasteiger partial charge on any atom is 0.328 e. The fourth-order valence-electron chi connectivity index (χ4n) is 6.27. The van der Waals surface area contributed by atoms with Crippen LogP contribution in [0.3, 0.4) is 0 Å². The first-order valence-corrected chi connectivity index (χ1v) is 20.2. The number of phenolic OH excluding ortho intramolecular Hbond substituents is 2. The number of aliphatic imine (C=N–C) groups is 1. The van der Waals surface area contributed by atoms with E-state index in [4.69, 9.17) is 17.2 Å². The van der Waals surface area contributed by atoms with Crippen LogP contribution in [0.15, 0.2) is 83.9 Å². The average Bonchev–Trinajstić information content (AvgIpc) is 3.23. The van der Waals surface area contributed by atoms with Crippen LogP contribution in [-0.2, 0) is 48.0 Å². The molecule has 15 N–H and O–H groups in total. The second kappa shape index (κ2) is 24.5. The number of hydrogen-bond acceptors (Lipinski definition) is 11. The van der Waals surface area contributed by atoms with E-state index in [1.807, 2.05) is 0 Å². The van der Waals surface area contributed by atoms with Gasteiger partial charge in [0.2, 0.25) is 29.5 Å². The van der Waals surface area contributed by atoms with Crippen molar-refractivity contribution in [1.29, 1.82) is 0 Å². The van der Waals surface area contributed by atoms with Crippen LogP contribution in [0.25, 0.3) is 0 Å². The third-order valence-electron chi connectivity index (χ3n) is 10.1. The summed E-state index contributed by atoms with van der Waals surface area (Å²) in [5, 5.41) is 52.5. The SMILES string of the molecule is CC[C@H](C)[C@H](NC(=O)[C@H](Cc1ccccc1)NC(=O)[C@@H](N)CCCN=C(N)N)C(=O)N[C@@H](Cc1ccc(O)cc1)C(=O)N[C@@H](Cc1ccc(O)cc1)C(=O)N[C@H](C(=O)O)[C@@H](C)O. The number of aliphatic hydroxyl groups is 1. The van der Waals surface area contributed by atoms with E-state index >= 15 is 0 Å². The van der Waals surface area contributed by atoms with Crippen molar-refractivity contribution >= 4 is 41.5 Å². The number of carbonyl (C=O) groups excluding carboxylic acids is 5. The minimum atomic E-state index is -1.73. The van der Waals surface area contributed by atoms with Crippen LogP contribution in [0.5, 0.6) is 11.5 Å². The highest BCUT2D eigenvalue weighted by Crippen LogP contribution is 2.16. The number of hydrogen-bond donors (Lipinski definition) is 12. The quantitative estimate of drug-likeness (QED) is 0.0306. The molecule has 0 aliphatic heterocycles. The van der Waals surface area contributed by atoms with Gasteiger partial charge in [-0.2, -0.15) is 0 Å². The van der Waals surface area contributed by atoms with Gasteiger partial charge in [-0.15, -0.1) is 0 Å². The minimum Gasteiger partial charge on any atom is -0.508 e. The molecule has 0 spiro atoms. The number of phenols is 2. The van der Waals surface area contributed by atoms with Crippen LogP contribution < -0.4 is 43.8 Å². The number of aliphatic carboxylic acids is 1. The highest BCUT2D eigenvalue weighted by molar-refractivity contribution is 5.96. The summed E-state index contributed by atoms with van der Waals surface area (Å²) in [4.78, 5) is 85.3. The molecule has 3 aromatic carbocycles. The number of aromatic hydroxyl groups is 2. The van der Waals surface area contributed by atoms with Gasteiger partial charge in [0.05, 0.1) is 12.1 Å². The van der Waals surface area contributed by atoms with Crippen LogP contribution in [0.1, 0.15) is 56.7 Å². The molecule has 0 unspecified atom stereocenters. The van der Waals surface area contributed by atoms with Gasteiger partial charge in [0.25, 0.3) is 0 Å². The zero-order valence-electron chi connectivity index (χ0n) is 35.0. The highest BCUT2D eigenvalue weighted by Gasteiger charge is 2.35. The molecule has 62 heavy (non-hydrogen) atoms. The molecule has 0 aromatic heterocycles. The number of carboxylic acids is 1. The highest BCUT2D eigenvalue weighted by atomic mass is 16.4. The smallest absolute Gasteiger partial charge is 0.328 e. The molecule has 19 heteroatoms. The summed E-state index contributed by atoms with van der Waals surface area (Å²) in [5.41, 5.74) is 18.6. The van der Waals surface area contributed by atoms with E-state index in [1.165, 1.54) is 55.5 Å². The number of aliphatic hydroxyl groups excluding tert-OH is 1. The van der Waals surface area contributed by atoms with E-state index in [9.17, 15) is 49.2 Å². The van der Waals surface area contributed by atoms with Gasteiger partial charge in [0.1, 0.15) is 35.7 Å². The van der Waals surface area contributed by atoms with E-state index in [-0.39, 0.29) is 49.7 Å². The van der Waals surface area contributed by atoms with Crippen molar-refractivity contribution in [3.63, 3.8) is 0 Å². The molecule has 0 saturated heterocycles. The number of rotatable bonds is 24. The number of nitrogens with zero attached hydrogens (tertiary/aromatic N) is 1. The molecule has 5 amide bonds. The van der Waals surface area contributed by atoms with Crippen LogP contribution >= 0.6 is 0 Å². The molecule has 0 fully saturated rings. The summed E-state index contributed by atoms with van der Waals surface area (Å²) in [7, 11) is 0. The fraction of sp³-hybridized carbons (Fsp3) is 0.419. The van der Waals surface area contributed by atoms with Crippen LogP contribution in [0.4, 0.5) is 0 Å². The lowest BCUT2D eigenvalue weighted by Crippen LogP contribution is -2.61. The molecular weight excluding hydrogens is 803 g/mol. The van der Waals surface area contributed by atoms with Crippen LogP contribution in [-0.4, -0.2) is 111 Å². The molecule has 0 heterocycles. The minimum absolute atomic E-state index is 0.0438. The normalized spacial score (nSPS) is 14.9. The van der Waals surface area contributed by atoms with E-state index in [2.05, 4.69) is 31.6 Å². The lowest BCUT2D eigenvalue weighted by atomic mass is 9.96. The van der Waals surface area contributed by atoms with Gasteiger partial charge in [-0.25, -0.2) is 4.79 Å². The Balaban J connectivity index is 1.94. The van der Waals surface area contributed by atoms with E-state index in [0.29, 0.717) is 29.5 Å². The Labute approximate surface area is 359 Å². The summed E-state index contributed by atoms with van der Waals surface area (Å²) in [6.07, 6.45) is -0.813. The number of carboxylic acid groups (broad SMARTS) is 1. The zero-order chi connectivity index (χ0) is 45.9. The van der Waals surface area contributed by atoms with Gasteiger partial charge in [-0.1, -0.05) is 74.9 Å². The summed E-state index contributed by atoms with van der Waals surface area (Å²) >= 11 is 0. The number of guanidine groups is 1. The third kappa shape index (κ3) is 16.4. The Morgan fingerprint density at radius 3 is 1.47 bits per heavy atom. The second-order valence-corrected chi connectivity index (χ2v) is 15.1. The number of nitrogens with two attached hydrogens (primary N) is 3. The van der Waals surface area contributed by atoms with Gasteiger partial charge in [0, 0.05) is 25.8 Å². The molecule has 0 aliphatic carbocycles. The maximum absolute atomic E-state index is 14.3. The first-order valence-electron chi connectivity index (χ1n) is 20.2. The summed E-state index contributed by atoms with van der Waals surface area (Å²) in [6, 6.07) is 12.4. The van der Waals surface area contributed by atoms with Crippen molar-refractivity contribution in [2.45, 2.75) is 102 Å². The topological polar surface area (TPSA) is 334 Å². The summed E-state index contributed by atoms with van der Waals surface area (Å²) in [5.74, 6) is -6.17. The predicted molar refractivity (Wildman–Crippen MR) is 230 cm³/mol. The molecule has 3 rings (SSSR count). The maximum atomic E-state index is 14.3. The standard InChI is InChI=1S/C43H59N9O10/c1-4-24(2)35(51-39(58)33(21-26-9-6-5-7-10-26)48-37(56)31(44)11-8-20-47-43(45)46)41(60)50-32(22-27-12-16-29(54)17-13-27)38(57)49-34(23-28-14-18-30(55)19-15-28)40(59)52-36(25(3)53)42(61)62/h5-7,9-10,12-19,24-25,31-36,53-55H,4,8,11,20-23,44H2,1-3H3,(H,48,56)(H,49,57)(H,50,60)(H,51,58)(H,52,59)(H,61,62)(H4,45,46,47)/t24-,25+,31-,32-,33-,34-,35-,36-/m0/s1. The van der Waals surface area contributed by atoms with Crippen molar-refractivity contribution < 1.29 is 49.2 Å². The predicted octanol–water partition coefficient (Wildman–Crippen LogP) is -0.558. The lowest BCUT2D eigenvalue weighted by molar-refractivity contribution is -0.145. The van der Waals surface area contributed by atoms with Crippen molar-refractivity contribution in [3.8, 4) is 11.5 Å². The molecule has 8 atom stereocenters. The van der Waals surface area contributed by atoms with Crippen molar-refractivity contribution in [2.75, 3.05) is 6.54 Å². The number of benzene rings is 3. The monoisotopic (exact) mass is 861 g/mol. The fourth-order valence-corrected chi connectivity index (χ4v) is 6.27. The molecule has 0 bridgehead atoms. The van der Waals surface area contributed by atoms with E-state index in [0.717, 1.165) is 0 Å². The first kappa shape index (κ1) is 49.6. The van der Waals surface area contributed by atoms with E-state index < -0.39 is 83.8 Å². The van der Waals surface area contributed by atoms with Crippen molar-refractivity contribution in [3.05, 3.63) is 95.6 Å². The van der Waals surface area contributed by atoms with Gasteiger partial charge in [-0.05, 0) is 66.6 Å². The lowest BCUT2D eigenvalue weighted by Gasteiger charge is -2.29. The van der Waals surface area contributed by atoms with Gasteiger partial charge < -0.3 is 64.2 Å². The molecule has 0 aliphatic rings. The number of carbonyl (C=O) groups is 6. The Morgan fingerprint density at radius 1 is 0.613 bits per heavy atom.